The highest BCUT2D eigenvalue weighted by molar-refractivity contribution is 8.00. The third kappa shape index (κ3) is 3.97. The molecule has 4 heteroatoms. The quantitative estimate of drug-likeness (QED) is 0.790. The number of nitrogens with one attached hydrogen (secondary N) is 1. The average Bonchev–Trinajstić information content (AvgIpc) is 3.12. The van der Waals surface area contributed by atoms with E-state index in [0.717, 1.165) is 4.90 Å². The largest absolute Gasteiger partial charge is 0.508 e. The number of amides is 1. The van der Waals surface area contributed by atoms with Crippen LogP contribution in [0.15, 0.2) is 29.2 Å². The lowest BCUT2D eigenvalue weighted by Gasteiger charge is -2.12. The number of benzene rings is 1. The number of phenols is 1. The van der Waals surface area contributed by atoms with Crippen molar-refractivity contribution in [1.82, 2.24) is 5.32 Å². The summed E-state index contributed by atoms with van der Waals surface area (Å²) in [6.07, 6.45) is 2.49. The van der Waals surface area contributed by atoms with E-state index in [4.69, 9.17) is 5.11 Å². The van der Waals surface area contributed by atoms with E-state index in [0.29, 0.717) is 17.7 Å². The van der Waals surface area contributed by atoms with Crippen LogP contribution in [0, 0.1) is 5.92 Å². The summed E-state index contributed by atoms with van der Waals surface area (Å²) in [6, 6.07) is 7.21. The normalized spacial score (nSPS) is 16.5. The number of carbonyl (C=O) groups excluding carboxylic acids is 1. The Balaban J connectivity index is 1.73. The Kier molecular flexibility index (Phi) is 3.94. The van der Waals surface area contributed by atoms with E-state index >= 15 is 0 Å². The van der Waals surface area contributed by atoms with Gasteiger partial charge in [0.05, 0.1) is 5.75 Å². The number of rotatable bonds is 5. The molecule has 0 aliphatic heterocycles. The fraction of sp³-hybridized carbons (Fsp3) is 0.462. The summed E-state index contributed by atoms with van der Waals surface area (Å²) in [5, 5.41) is 12.1. The van der Waals surface area contributed by atoms with Crippen LogP contribution in [0.1, 0.15) is 19.8 Å². The lowest BCUT2D eigenvalue weighted by atomic mass is 10.2. The minimum Gasteiger partial charge on any atom is -0.508 e. The predicted octanol–water partition coefficient (Wildman–Crippen LogP) is 2.40. The molecule has 1 aliphatic rings. The van der Waals surface area contributed by atoms with Crippen molar-refractivity contribution < 1.29 is 9.90 Å². The number of hydrogen-bond acceptors (Lipinski definition) is 3. The molecule has 1 saturated carbocycles. The standard InChI is InChI=1S/C13H17NO2S/c1-9(10-2-3-10)14-13(16)8-17-12-6-4-11(15)5-7-12/h4-7,9-10,15H,2-3,8H2,1H3,(H,14,16)/t9-/m0/s1. The average molecular weight is 251 g/mol. The Bertz CT molecular complexity index is 387. The topological polar surface area (TPSA) is 49.3 Å². The van der Waals surface area contributed by atoms with Gasteiger partial charge in [-0.05, 0) is 49.9 Å². The first kappa shape index (κ1) is 12.3. The third-order valence-corrected chi connectivity index (χ3v) is 3.94. The molecule has 1 aromatic rings. The van der Waals surface area contributed by atoms with Gasteiger partial charge < -0.3 is 10.4 Å². The van der Waals surface area contributed by atoms with Crippen molar-refractivity contribution in [3.8, 4) is 5.75 Å². The number of hydrogen-bond donors (Lipinski definition) is 2. The minimum absolute atomic E-state index is 0.0856. The van der Waals surface area contributed by atoms with Gasteiger partial charge in [-0.1, -0.05) is 0 Å². The van der Waals surface area contributed by atoms with Crippen LogP contribution in [0.3, 0.4) is 0 Å². The number of thioether (sulfide) groups is 1. The van der Waals surface area contributed by atoms with E-state index in [1.807, 2.05) is 12.1 Å². The maximum Gasteiger partial charge on any atom is 0.230 e. The van der Waals surface area contributed by atoms with Crippen molar-refractivity contribution in [3.05, 3.63) is 24.3 Å². The van der Waals surface area contributed by atoms with E-state index in [2.05, 4.69) is 12.2 Å². The molecule has 0 spiro atoms. The molecule has 2 N–H and O–H groups in total. The summed E-state index contributed by atoms with van der Waals surface area (Å²) in [5.41, 5.74) is 0. The second-order valence-corrected chi connectivity index (χ2v) is 5.52. The minimum atomic E-state index is 0.0856. The van der Waals surface area contributed by atoms with Gasteiger partial charge in [0, 0.05) is 10.9 Å². The van der Waals surface area contributed by atoms with Gasteiger partial charge >= 0.3 is 0 Å². The van der Waals surface area contributed by atoms with Gasteiger partial charge in [0.2, 0.25) is 5.91 Å². The van der Waals surface area contributed by atoms with Crippen molar-refractivity contribution in [1.29, 1.82) is 0 Å². The Morgan fingerprint density at radius 3 is 2.71 bits per heavy atom. The van der Waals surface area contributed by atoms with E-state index in [1.54, 1.807) is 12.1 Å². The van der Waals surface area contributed by atoms with Gasteiger partial charge in [0.15, 0.2) is 0 Å². The summed E-state index contributed by atoms with van der Waals surface area (Å²) >= 11 is 1.49. The van der Waals surface area contributed by atoms with Gasteiger partial charge in [0.1, 0.15) is 5.75 Å². The summed E-state index contributed by atoms with van der Waals surface area (Å²) in [7, 11) is 0. The number of carbonyl (C=O) groups is 1. The highest BCUT2D eigenvalue weighted by Crippen LogP contribution is 2.32. The van der Waals surface area contributed by atoms with Crippen molar-refractivity contribution in [2.75, 3.05) is 5.75 Å². The Morgan fingerprint density at radius 2 is 2.12 bits per heavy atom. The first-order valence-electron chi connectivity index (χ1n) is 5.86. The fourth-order valence-corrected chi connectivity index (χ4v) is 2.41. The Morgan fingerprint density at radius 1 is 1.47 bits per heavy atom. The molecule has 0 aromatic heterocycles. The molecule has 1 fully saturated rings. The van der Waals surface area contributed by atoms with Crippen LogP contribution < -0.4 is 5.32 Å². The maximum absolute atomic E-state index is 11.6. The smallest absolute Gasteiger partial charge is 0.230 e. The lowest BCUT2D eigenvalue weighted by molar-refractivity contribution is -0.119. The van der Waals surface area contributed by atoms with Crippen molar-refractivity contribution in [3.63, 3.8) is 0 Å². The zero-order valence-electron chi connectivity index (χ0n) is 9.85. The van der Waals surface area contributed by atoms with Crippen molar-refractivity contribution in [2.45, 2.75) is 30.7 Å². The molecule has 0 saturated heterocycles. The van der Waals surface area contributed by atoms with Crippen LogP contribution in [0.4, 0.5) is 0 Å². The molecular formula is C13H17NO2S. The summed E-state index contributed by atoms with van der Waals surface area (Å²) in [4.78, 5) is 12.6. The Hall–Kier alpha value is -1.16. The first-order chi connectivity index (χ1) is 8.15. The molecule has 1 atom stereocenters. The highest BCUT2D eigenvalue weighted by atomic mass is 32.2. The Labute approximate surface area is 106 Å². The lowest BCUT2D eigenvalue weighted by Crippen LogP contribution is -2.35. The number of phenolic OH excluding ortho intramolecular Hbond substituents is 1. The molecule has 0 bridgehead atoms. The van der Waals surface area contributed by atoms with E-state index < -0.39 is 0 Å². The van der Waals surface area contributed by atoms with E-state index in [1.165, 1.54) is 24.6 Å². The van der Waals surface area contributed by atoms with Crippen LogP contribution >= 0.6 is 11.8 Å². The molecule has 0 unspecified atom stereocenters. The second-order valence-electron chi connectivity index (χ2n) is 4.48. The van der Waals surface area contributed by atoms with Gasteiger partial charge in [0.25, 0.3) is 0 Å². The van der Waals surface area contributed by atoms with Crippen LogP contribution in [0.25, 0.3) is 0 Å². The third-order valence-electron chi connectivity index (χ3n) is 2.92. The molecule has 92 valence electrons. The van der Waals surface area contributed by atoms with Gasteiger partial charge in [-0.15, -0.1) is 11.8 Å². The molecule has 1 aromatic carbocycles. The van der Waals surface area contributed by atoms with Gasteiger partial charge in [-0.2, -0.15) is 0 Å². The first-order valence-corrected chi connectivity index (χ1v) is 6.85. The summed E-state index contributed by atoms with van der Waals surface area (Å²) in [6.45, 7) is 2.07. The molecule has 0 radical (unpaired) electrons. The van der Waals surface area contributed by atoms with Gasteiger partial charge in [-0.3, -0.25) is 4.79 Å². The molecule has 1 aliphatic carbocycles. The van der Waals surface area contributed by atoms with E-state index in [9.17, 15) is 4.79 Å². The van der Waals surface area contributed by atoms with E-state index in [-0.39, 0.29) is 11.7 Å². The number of aromatic hydroxyl groups is 1. The molecule has 2 rings (SSSR count). The second kappa shape index (κ2) is 5.45. The van der Waals surface area contributed by atoms with Crippen LogP contribution in [0.5, 0.6) is 5.75 Å². The molecule has 17 heavy (non-hydrogen) atoms. The van der Waals surface area contributed by atoms with Gasteiger partial charge in [-0.25, -0.2) is 0 Å². The summed E-state index contributed by atoms with van der Waals surface area (Å²) < 4.78 is 0. The predicted molar refractivity (Wildman–Crippen MR) is 69.2 cm³/mol. The van der Waals surface area contributed by atoms with Crippen LogP contribution in [-0.2, 0) is 4.79 Å². The molecule has 1 amide bonds. The molecular weight excluding hydrogens is 234 g/mol. The van der Waals surface area contributed by atoms with Crippen molar-refractivity contribution in [2.24, 2.45) is 5.92 Å². The maximum atomic E-state index is 11.6. The van der Waals surface area contributed by atoms with Crippen molar-refractivity contribution >= 4 is 17.7 Å². The summed E-state index contributed by atoms with van der Waals surface area (Å²) in [5.74, 6) is 1.46. The fourth-order valence-electron chi connectivity index (χ4n) is 1.70. The highest BCUT2D eigenvalue weighted by Gasteiger charge is 2.28. The molecule has 3 nitrogen and oxygen atoms in total. The zero-order valence-corrected chi connectivity index (χ0v) is 10.7. The molecule has 0 heterocycles. The SMILES string of the molecule is C[C@H](NC(=O)CSc1ccc(O)cc1)C1CC1. The van der Waals surface area contributed by atoms with Crippen LogP contribution in [-0.4, -0.2) is 22.8 Å². The zero-order chi connectivity index (χ0) is 12.3. The van der Waals surface area contributed by atoms with Crippen LogP contribution in [0.2, 0.25) is 0 Å². The monoisotopic (exact) mass is 251 g/mol.